The molecular weight excluding hydrogens is 230 g/mol. The second-order valence-corrected chi connectivity index (χ2v) is 4.59. The van der Waals surface area contributed by atoms with Crippen LogP contribution in [0.5, 0.6) is 0 Å². The highest BCUT2D eigenvalue weighted by molar-refractivity contribution is 7.98. The summed E-state index contributed by atoms with van der Waals surface area (Å²) in [6.45, 7) is 0. The first-order valence-corrected chi connectivity index (χ1v) is 6.32. The van der Waals surface area contributed by atoms with E-state index in [1.165, 1.54) is 23.1 Å². The maximum absolute atomic E-state index is 9.03. The van der Waals surface area contributed by atoms with Gasteiger partial charge < -0.3 is 0 Å². The van der Waals surface area contributed by atoms with E-state index in [0.29, 0.717) is 0 Å². The van der Waals surface area contributed by atoms with Crippen LogP contribution in [0, 0.1) is 0 Å². The summed E-state index contributed by atoms with van der Waals surface area (Å²) in [5, 5.41) is 11.5. The summed E-state index contributed by atoms with van der Waals surface area (Å²) in [7, 11) is 0. The quantitative estimate of drug-likeness (QED) is 0.630. The summed E-state index contributed by atoms with van der Waals surface area (Å²) in [5.41, 5.74) is 2.08. The largest absolute Gasteiger partial charge is 0.264 e. The number of hydrogen-bond donors (Lipinski definition) is 2. The van der Waals surface area contributed by atoms with Crippen molar-refractivity contribution in [2.24, 2.45) is 0 Å². The Kier molecular flexibility index (Phi) is 3.32. The van der Waals surface area contributed by atoms with Gasteiger partial charge in [0, 0.05) is 18.0 Å². The molecule has 0 aliphatic carbocycles. The zero-order valence-electron chi connectivity index (χ0n) is 8.04. The predicted molar refractivity (Wildman–Crippen MR) is 60.5 cm³/mol. The lowest BCUT2D eigenvalue weighted by atomic mass is 10.3. The Morgan fingerprint density at radius 3 is 2.93 bits per heavy atom. The van der Waals surface area contributed by atoms with Crippen LogP contribution >= 0.6 is 23.1 Å². The molecule has 0 aromatic carbocycles. The zero-order chi connectivity index (χ0) is 10.7. The van der Waals surface area contributed by atoms with Crippen LogP contribution in [0.3, 0.4) is 0 Å². The SMILES string of the molecule is CSc1nc(-c2cccnc2)sc1[NH2+]O. The van der Waals surface area contributed by atoms with Crippen LogP contribution in [0.1, 0.15) is 0 Å². The molecule has 0 bridgehead atoms. The fourth-order valence-electron chi connectivity index (χ4n) is 1.16. The van der Waals surface area contributed by atoms with E-state index in [0.717, 1.165) is 26.1 Å². The van der Waals surface area contributed by atoms with Crippen LogP contribution in [0.2, 0.25) is 0 Å². The van der Waals surface area contributed by atoms with Crippen molar-refractivity contribution in [3.63, 3.8) is 0 Å². The highest BCUT2D eigenvalue weighted by Gasteiger charge is 2.14. The monoisotopic (exact) mass is 240 g/mol. The molecule has 0 fully saturated rings. The van der Waals surface area contributed by atoms with E-state index in [1.807, 2.05) is 18.4 Å². The third kappa shape index (κ3) is 2.18. The number of nitrogens with zero attached hydrogens (tertiary/aromatic N) is 2. The van der Waals surface area contributed by atoms with Crippen molar-refractivity contribution in [1.82, 2.24) is 9.97 Å². The molecule has 0 radical (unpaired) electrons. The van der Waals surface area contributed by atoms with Crippen molar-refractivity contribution in [3.05, 3.63) is 24.5 Å². The minimum Gasteiger partial charge on any atom is -0.264 e. The second-order valence-electron chi connectivity index (χ2n) is 2.76. The van der Waals surface area contributed by atoms with Crippen LogP contribution < -0.4 is 5.48 Å². The number of thioether (sulfide) groups is 1. The maximum atomic E-state index is 9.03. The Morgan fingerprint density at radius 2 is 2.40 bits per heavy atom. The van der Waals surface area contributed by atoms with Gasteiger partial charge in [-0.1, -0.05) is 11.3 Å². The summed E-state index contributed by atoms with van der Waals surface area (Å²) in [5.74, 6) is 0. The van der Waals surface area contributed by atoms with Crippen molar-refractivity contribution in [1.29, 1.82) is 0 Å². The van der Waals surface area contributed by atoms with Gasteiger partial charge in [-0.25, -0.2) is 10.2 Å². The highest BCUT2D eigenvalue weighted by Crippen LogP contribution is 2.33. The summed E-state index contributed by atoms with van der Waals surface area (Å²) in [6, 6.07) is 3.83. The average Bonchev–Trinajstić information content (AvgIpc) is 2.73. The van der Waals surface area contributed by atoms with Crippen LogP contribution in [0.25, 0.3) is 10.6 Å². The second kappa shape index (κ2) is 4.71. The van der Waals surface area contributed by atoms with Gasteiger partial charge in [0.1, 0.15) is 5.01 Å². The van der Waals surface area contributed by atoms with Crippen molar-refractivity contribution >= 4 is 28.1 Å². The minimum atomic E-state index is 0.793. The van der Waals surface area contributed by atoms with E-state index in [9.17, 15) is 0 Å². The lowest BCUT2D eigenvalue weighted by Gasteiger charge is -1.91. The Bertz CT molecular complexity index is 422. The molecule has 6 heteroatoms. The first-order chi connectivity index (χ1) is 7.35. The topological polar surface area (TPSA) is 62.6 Å². The first kappa shape index (κ1) is 10.6. The van der Waals surface area contributed by atoms with Crippen LogP contribution in [-0.4, -0.2) is 21.4 Å². The number of pyridine rings is 1. The molecule has 0 aliphatic heterocycles. The number of hydrogen-bond acceptors (Lipinski definition) is 5. The fraction of sp³-hybridized carbons (Fsp3) is 0.111. The summed E-state index contributed by atoms with van der Waals surface area (Å²) >= 11 is 2.98. The van der Waals surface area contributed by atoms with Crippen LogP contribution in [-0.2, 0) is 0 Å². The maximum Gasteiger partial charge on any atom is 0.252 e. The molecule has 3 N–H and O–H groups in total. The number of aromatic nitrogens is 2. The van der Waals surface area contributed by atoms with Gasteiger partial charge in [0.15, 0.2) is 5.03 Å². The van der Waals surface area contributed by atoms with Gasteiger partial charge in [0.2, 0.25) is 0 Å². The Hall–Kier alpha value is -0.950. The number of nitrogens with two attached hydrogens (primary N) is 1. The molecule has 0 saturated heterocycles. The zero-order valence-corrected chi connectivity index (χ0v) is 9.68. The van der Waals surface area contributed by atoms with Gasteiger partial charge in [-0.05, 0) is 18.4 Å². The molecule has 2 aromatic rings. The lowest BCUT2D eigenvalue weighted by Crippen LogP contribution is -2.73. The summed E-state index contributed by atoms with van der Waals surface area (Å²) in [4.78, 5) is 8.46. The van der Waals surface area contributed by atoms with Crippen molar-refractivity contribution in [3.8, 4) is 10.6 Å². The molecule has 2 aromatic heterocycles. The van der Waals surface area contributed by atoms with E-state index in [1.54, 1.807) is 12.4 Å². The number of rotatable bonds is 3. The third-order valence-electron chi connectivity index (χ3n) is 1.84. The van der Waals surface area contributed by atoms with Gasteiger partial charge in [-0.15, -0.1) is 11.8 Å². The smallest absolute Gasteiger partial charge is 0.252 e. The molecule has 0 atom stereocenters. The van der Waals surface area contributed by atoms with E-state index in [-0.39, 0.29) is 0 Å². The molecule has 0 saturated carbocycles. The molecule has 0 unspecified atom stereocenters. The number of thiazole rings is 1. The van der Waals surface area contributed by atoms with Crippen molar-refractivity contribution in [2.45, 2.75) is 5.03 Å². The molecular formula is C9H10N3OS2+. The lowest BCUT2D eigenvalue weighted by molar-refractivity contribution is -0.824. The molecule has 2 heterocycles. The Labute approximate surface area is 95.4 Å². The molecule has 0 spiro atoms. The normalized spacial score (nSPS) is 10.5. The van der Waals surface area contributed by atoms with E-state index in [4.69, 9.17) is 5.21 Å². The summed E-state index contributed by atoms with van der Waals surface area (Å²) in [6.07, 6.45) is 5.44. The van der Waals surface area contributed by atoms with E-state index >= 15 is 0 Å². The standard InChI is InChI=1S/C9H9N3OS2/c1-14-8-9(12-13)15-7(11-8)6-3-2-4-10-5-6/h2-5,12-13H,1H3/p+1. The summed E-state index contributed by atoms with van der Waals surface area (Å²) < 4.78 is 0. The first-order valence-electron chi connectivity index (χ1n) is 4.28. The molecule has 0 aliphatic rings. The van der Waals surface area contributed by atoms with Gasteiger partial charge in [0.05, 0.1) is 0 Å². The van der Waals surface area contributed by atoms with Gasteiger partial charge in [0.25, 0.3) is 5.00 Å². The Balaban J connectivity index is 2.42. The van der Waals surface area contributed by atoms with E-state index < -0.39 is 0 Å². The minimum absolute atomic E-state index is 0.793. The van der Waals surface area contributed by atoms with Crippen LogP contribution in [0.15, 0.2) is 29.6 Å². The Morgan fingerprint density at radius 1 is 1.53 bits per heavy atom. The van der Waals surface area contributed by atoms with Gasteiger partial charge in [-0.2, -0.15) is 5.48 Å². The van der Waals surface area contributed by atoms with E-state index in [2.05, 4.69) is 9.97 Å². The molecule has 15 heavy (non-hydrogen) atoms. The molecule has 2 rings (SSSR count). The van der Waals surface area contributed by atoms with Crippen LogP contribution in [0.4, 0.5) is 5.00 Å². The third-order valence-corrected chi connectivity index (χ3v) is 3.71. The fourth-order valence-corrected chi connectivity index (χ4v) is 2.80. The average molecular weight is 240 g/mol. The van der Waals surface area contributed by atoms with Gasteiger partial charge in [-0.3, -0.25) is 4.98 Å². The van der Waals surface area contributed by atoms with Crippen molar-refractivity contribution < 1.29 is 10.7 Å². The van der Waals surface area contributed by atoms with Crippen molar-refractivity contribution in [2.75, 3.05) is 6.26 Å². The molecule has 78 valence electrons. The van der Waals surface area contributed by atoms with Gasteiger partial charge >= 0.3 is 0 Å². The molecule has 4 nitrogen and oxygen atoms in total. The predicted octanol–water partition coefficient (Wildman–Crippen LogP) is 1.51. The molecule has 0 amide bonds. The number of quaternary nitrogens is 1. The highest BCUT2D eigenvalue weighted by atomic mass is 32.2.